The van der Waals surface area contributed by atoms with Gasteiger partial charge in [-0.15, -0.1) is 0 Å². The summed E-state index contributed by atoms with van der Waals surface area (Å²) in [5.41, 5.74) is 0. The summed E-state index contributed by atoms with van der Waals surface area (Å²) in [6.07, 6.45) is 5.77. The SMILES string of the molecule is CN(C[C@@H]1CCCNC1)C(=O)c1ccc(CSc2ncccn2)o1. The van der Waals surface area contributed by atoms with E-state index in [9.17, 15) is 4.79 Å². The van der Waals surface area contributed by atoms with Gasteiger partial charge in [0.05, 0.1) is 5.75 Å². The van der Waals surface area contributed by atoms with Crippen LogP contribution >= 0.6 is 11.8 Å². The number of carbonyl (C=O) groups excluding carboxylic acids is 1. The van der Waals surface area contributed by atoms with Crippen LogP contribution in [0.1, 0.15) is 29.2 Å². The zero-order chi connectivity index (χ0) is 16.8. The molecule has 1 saturated heterocycles. The number of carbonyl (C=O) groups is 1. The molecule has 3 heterocycles. The van der Waals surface area contributed by atoms with Crippen LogP contribution in [0.4, 0.5) is 0 Å². The molecule has 1 amide bonds. The highest BCUT2D eigenvalue weighted by atomic mass is 32.2. The van der Waals surface area contributed by atoms with Gasteiger partial charge in [0.15, 0.2) is 10.9 Å². The first kappa shape index (κ1) is 17.0. The number of nitrogens with one attached hydrogen (secondary N) is 1. The largest absolute Gasteiger partial charge is 0.455 e. The van der Waals surface area contributed by atoms with Crippen LogP contribution in [0.5, 0.6) is 0 Å². The molecule has 0 aliphatic carbocycles. The Labute approximate surface area is 146 Å². The van der Waals surface area contributed by atoms with Gasteiger partial charge in [0, 0.05) is 26.0 Å². The van der Waals surface area contributed by atoms with Gasteiger partial charge in [0.25, 0.3) is 5.91 Å². The Hall–Kier alpha value is -1.86. The Bertz CT molecular complexity index is 656. The lowest BCUT2D eigenvalue weighted by molar-refractivity contribution is 0.0731. The van der Waals surface area contributed by atoms with Gasteiger partial charge in [-0.1, -0.05) is 11.8 Å². The van der Waals surface area contributed by atoms with Crippen molar-refractivity contribution in [2.24, 2.45) is 5.92 Å². The maximum Gasteiger partial charge on any atom is 0.289 e. The van der Waals surface area contributed by atoms with Crippen LogP contribution in [0, 0.1) is 5.92 Å². The predicted molar refractivity (Wildman–Crippen MR) is 92.9 cm³/mol. The van der Waals surface area contributed by atoms with Gasteiger partial charge in [0.2, 0.25) is 0 Å². The predicted octanol–water partition coefficient (Wildman–Crippen LogP) is 2.43. The van der Waals surface area contributed by atoms with Gasteiger partial charge in [-0.25, -0.2) is 9.97 Å². The molecule has 0 aromatic carbocycles. The molecule has 7 heteroatoms. The maximum atomic E-state index is 12.5. The molecule has 1 aliphatic heterocycles. The number of rotatable bonds is 6. The molecule has 2 aromatic heterocycles. The van der Waals surface area contributed by atoms with Gasteiger partial charge < -0.3 is 14.6 Å². The molecule has 6 nitrogen and oxygen atoms in total. The minimum Gasteiger partial charge on any atom is -0.455 e. The van der Waals surface area contributed by atoms with Gasteiger partial charge >= 0.3 is 0 Å². The summed E-state index contributed by atoms with van der Waals surface area (Å²) in [6, 6.07) is 5.38. The molecule has 1 atom stereocenters. The van der Waals surface area contributed by atoms with Crippen molar-refractivity contribution in [2.45, 2.75) is 23.8 Å². The molecule has 2 aromatic rings. The Balaban J connectivity index is 1.52. The van der Waals surface area contributed by atoms with Gasteiger partial charge in [0.1, 0.15) is 5.76 Å². The number of aromatic nitrogens is 2. The molecule has 24 heavy (non-hydrogen) atoms. The van der Waals surface area contributed by atoms with E-state index in [0.29, 0.717) is 22.6 Å². The van der Waals surface area contributed by atoms with E-state index in [-0.39, 0.29) is 5.91 Å². The third-order valence-electron chi connectivity index (χ3n) is 4.04. The van der Waals surface area contributed by atoms with E-state index in [4.69, 9.17) is 4.42 Å². The standard InChI is InChI=1S/C17H22N4O2S/c1-21(11-13-4-2-7-18-10-13)16(22)15-6-5-14(23-15)12-24-17-19-8-3-9-20-17/h3,5-6,8-9,13,18H,2,4,7,10-12H2,1H3/t13-/m1/s1. The van der Waals surface area contributed by atoms with Crippen LogP contribution in [0.15, 0.2) is 40.2 Å². The average Bonchev–Trinajstić information content (AvgIpc) is 3.10. The van der Waals surface area contributed by atoms with Crippen LogP contribution in [0.3, 0.4) is 0 Å². The van der Waals surface area contributed by atoms with Crippen molar-refractivity contribution < 1.29 is 9.21 Å². The number of piperidine rings is 1. The second-order valence-corrected chi connectivity index (χ2v) is 6.93. The summed E-state index contributed by atoms with van der Waals surface area (Å²) in [4.78, 5) is 22.6. The zero-order valence-electron chi connectivity index (χ0n) is 13.8. The molecule has 0 saturated carbocycles. The van der Waals surface area contributed by atoms with Gasteiger partial charge in [-0.2, -0.15) is 0 Å². The summed E-state index contributed by atoms with van der Waals surface area (Å²) in [5, 5.41) is 4.08. The van der Waals surface area contributed by atoms with Crippen molar-refractivity contribution >= 4 is 17.7 Å². The zero-order valence-corrected chi connectivity index (χ0v) is 14.6. The Morgan fingerprint density at radius 1 is 1.42 bits per heavy atom. The molecule has 128 valence electrons. The molecule has 1 aliphatic rings. The fraction of sp³-hybridized carbons (Fsp3) is 0.471. The van der Waals surface area contributed by atoms with Crippen molar-refractivity contribution in [3.8, 4) is 0 Å². The highest BCUT2D eigenvalue weighted by molar-refractivity contribution is 7.98. The van der Waals surface area contributed by atoms with Gasteiger partial charge in [-0.3, -0.25) is 4.79 Å². The van der Waals surface area contributed by atoms with E-state index >= 15 is 0 Å². The van der Waals surface area contributed by atoms with E-state index in [0.717, 1.165) is 25.4 Å². The lowest BCUT2D eigenvalue weighted by atomic mass is 9.99. The summed E-state index contributed by atoms with van der Waals surface area (Å²) >= 11 is 1.49. The topological polar surface area (TPSA) is 71.3 Å². The summed E-state index contributed by atoms with van der Waals surface area (Å²) in [6.45, 7) is 2.82. The Morgan fingerprint density at radius 3 is 3.00 bits per heavy atom. The van der Waals surface area contributed by atoms with Crippen LogP contribution < -0.4 is 5.32 Å². The molecule has 0 unspecified atom stereocenters. The Kier molecular flexibility index (Phi) is 5.87. The van der Waals surface area contributed by atoms with E-state index in [1.165, 1.54) is 24.6 Å². The molecule has 1 N–H and O–H groups in total. The molecular formula is C17H22N4O2S. The number of nitrogens with zero attached hydrogens (tertiary/aromatic N) is 3. The molecule has 0 spiro atoms. The second-order valence-electron chi connectivity index (χ2n) is 5.98. The number of hydrogen-bond acceptors (Lipinski definition) is 6. The minimum atomic E-state index is -0.0622. The molecule has 0 bridgehead atoms. The van der Waals surface area contributed by atoms with Crippen LogP contribution in [-0.2, 0) is 5.75 Å². The van der Waals surface area contributed by atoms with Crippen LogP contribution in [0.25, 0.3) is 0 Å². The Morgan fingerprint density at radius 2 is 2.25 bits per heavy atom. The third kappa shape index (κ3) is 4.58. The molecule has 3 rings (SSSR count). The van der Waals surface area contributed by atoms with Crippen molar-refractivity contribution in [1.82, 2.24) is 20.2 Å². The lowest BCUT2D eigenvalue weighted by Crippen LogP contribution is -2.39. The summed E-state index contributed by atoms with van der Waals surface area (Å²) < 4.78 is 5.69. The van der Waals surface area contributed by atoms with Crippen LogP contribution in [-0.4, -0.2) is 47.5 Å². The van der Waals surface area contributed by atoms with Crippen molar-refractivity contribution in [3.05, 3.63) is 42.1 Å². The summed E-state index contributed by atoms with van der Waals surface area (Å²) in [7, 11) is 1.84. The summed E-state index contributed by atoms with van der Waals surface area (Å²) in [5.74, 6) is 2.21. The van der Waals surface area contributed by atoms with Gasteiger partial charge in [-0.05, 0) is 50.0 Å². The first-order chi connectivity index (χ1) is 11.7. The minimum absolute atomic E-state index is 0.0622. The highest BCUT2D eigenvalue weighted by Crippen LogP contribution is 2.21. The van der Waals surface area contributed by atoms with Crippen molar-refractivity contribution in [1.29, 1.82) is 0 Å². The number of amides is 1. The highest BCUT2D eigenvalue weighted by Gasteiger charge is 2.21. The number of hydrogen-bond donors (Lipinski definition) is 1. The van der Waals surface area contributed by atoms with Crippen molar-refractivity contribution in [3.63, 3.8) is 0 Å². The normalized spacial score (nSPS) is 17.6. The monoisotopic (exact) mass is 346 g/mol. The number of furan rings is 1. The van der Waals surface area contributed by atoms with E-state index in [1.807, 2.05) is 13.1 Å². The fourth-order valence-electron chi connectivity index (χ4n) is 2.80. The maximum absolute atomic E-state index is 12.5. The number of thioether (sulfide) groups is 1. The van der Waals surface area contributed by atoms with Crippen LogP contribution in [0.2, 0.25) is 0 Å². The van der Waals surface area contributed by atoms with E-state index < -0.39 is 0 Å². The average molecular weight is 346 g/mol. The quantitative estimate of drug-likeness (QED) is 0.640. The lowest BCUT2D eigenvalue weighted by Gasteiger charge is -2.27. The first-order valence-electron chi connectivity index (χ1n) is 8.17. The van der Waals surface area contributed by atoms with Crippen molar-refractivity contribution in [2.75, 3.05) is 26.7 Å². The fourth-order valence-corrected chi connectivity index (χ4v) is 3.50. The third-order valence-corrected chi connectivity index (χ3v) is 4.93. The smallest absolute Gasteiger partial charge is 0.289 e. The molecule has 0 radical (unpaired) electrons. The van der Waals surface area contributed by atoms with E-state index in [1.54, 1.807) is 29.4 Å². The molecular weight excluding hydrogens is 324 g/mol. The van der Waals surface area contributed by atoms with E-state index in [2.05, 4.69) is 15.3 Å². The second kappa shape index (κ2) is 8.30. The molecule has 1 fully saturated rings. The first-order valence-corrected chi connectivity index (χ1v) is 9.15.